The molecule has 0 atom stereocenters. The maximum absolute atomic E-state index is 5.66. The van der Waals surface area contributed by atoms with Gasteiger partial charge in [0, 0.05) is 7.62 Å². The van der Waals surface area contributed by atoms with Crippen LogP contribution in [-0.4, -0.2) is 4.98 Å². The van der Waals surface area contributed by atoms with E-state index in [4.69, 9.17) is 4.74 Å². The van der Waals surface area contributed by atoms with Crippen molar-refractivity contribution in [2.24, 2.45) is 0 Å². The van der Waals surface area contributed by atoms with Gasteiger partial charge in [-0.3, -0.25) is 4.98 Å². The second-order valence-electron chi connectivity index (χ2n) is 3.36. The van der Waals surface area contributed by atoms with E-state index in [0.29, 0.717) is 6.61 Å². The van der Waals surface area contributed by atoms with Crippen LogP contribution in [0.5, 0.6) is 5.75 Å². The summed E-state index contributed by atoms with van der Waals surface area (Å²) in [6.45, 7) is 2.54. The standard InChI is InChI=1S/C13H13NO.H2/c1-11-13(8-5-9-14-11)15-10-12-6-3-2-4-7-12;/h2-9H,10H2,1H3;1H. The van der Waals surface area contributed by atoms with Crippen LogP contribution >= 0.6 is 0 Å². The molecule has 0 unspecified atom stereocenters. The molecule has 0 aliphatic rings. The Labute approximate surface area is 91.0 Å². The van der Waals surface area contributed by atoms with Crippen LogP contribution in [0.4, 0.5) is 0 Å². The molecule has 0 bridgehead atoms. The summed E-state index contributed by atoms with van der Waals surface area (Å²) in [4.78, 5) is 4.17. The molecule has 0 fully saturated rings. The van der Waals surface area contributed by atoms with E-state index in [2.05, 4.69) is 4.98 Å². The van der Waals surface area contributed by atoms with Crippen LogP contribution in [0.1, 0.15) is 12.7 Å². The van der Waals surface area contributed by atoms with Crippen LogP contribution in [0.15, 0.2) is 48.7 Å². The molecule has 1 aromatic carbocycles. The van der Waals surface area contributed by atoms with Gasteiger partial charge in [0.05, 0.1) is 5.69 Å². The second kappa shape index (κ2) is 4.60. The average molecular weight is 201 g/mol. The number of ether oxygens (including phenoxy) is 1. The molecular formula is C13H15NO. The number of hydrogen-bond donors (Lipinski definition) is 0. The minimum atomic E-state index is 0. The quantitative estimate of drug-likeness (QED) is 0.760. The van der Waals surface area contributed by atoms with Crippen molar-refractivity contribution in [3.05, 3.63) is 59.9 Å². The van der Waals surface area contributed by atoms with E-state index in [1.807, 2.05) is 49.4 Å². The molecular weight excluding hydrogens is 186 g/mol. The van der Waals surface area contributed by atoms with E-state index in [0.717, 1.165) is 11.4 Å². The highest BCUT2D eigenvalue weighted by Crippen LogP contribution is 2.15. The lowest BCUT2D eigenvalue weighted by Gasteiger charge is -2.07. The Balaban J connectivity index is 0.00000128. The molecule has 0 saturated heterocycles. The Kier molecular flexibility index (Phi) is 2.98. The fourth-order valence-corrected chi connectivity index (χ4v) is 1.36. The van der Waals surface area contributed by atoms with Gasteiger partial charge in [-0.05, 0) is 24.6 Å². The van der Waals surface area contributed by atoms with E-state index in [1.54, 1.807) is 6.20 Å². The topological polar surface area (TPSA) is 22.1 Å². The lowest BCUT2D eigenvalue weighted by molar-refractivity contribution is 0.302. The first kappa shape index (κ1) is 9.71. The molecule has 2 aromatic rings. The molecule has 1 aromatic heterocycles. The third kappa shape index (κ3) is 2.56. The molecule has 2 nitrogen and oxygen atoms in total. The monoisotopic (exact) mass is 201 g/mol. The third-order valence-electron chi connectivity index (χ3n) is 2.20. The highest BCUT2D eigenvalue weighted by molar-refractivity contribution is 5.26. The number of rotatable bonds is 3. The number of pyridine rings is 1. The third-order valence-corrected chi connectivity index (χ3v) is 2.20. The molecule has 0 aliphatic carbocycles. The zero-order valence-corrected chi connectivity index (χ0v) is 8.68. The maximum Gasteiger partial charge on any atom is 0.141 e. The maximum atomic E-state index is 5.66. The van der Waals surface area contributed by atoms with Crippen LogP contribution in [0.3, 0.4) is 0 Å². The van der Waals surface area contributed by atoms with Crippen molar-refractivity contribution < 1.29 is 6.16 Å². The van der Waals surface area contributed by atoms with Gasteiger partial charge >= 0.3 is 0 Å². The van der Waals surface area contributed by atoms with E-state index in [9.17, 15) is 0 Å². The molecule has 78 valence electrons. The number of nitrogens with zero attached hydrogens (tertiary/aromatic N) is 1. The van der Waals surface area contributed by atoms with E-state index in [-0.39, 0.29) is 1.43 Å². The van der Waals surface area contributed by atoms with Crippen molar-refractivity contribution >= 4 is 0 Å². The van der Waals surface area contributed by atoms with Crippen molar-refractivity contribution in [1.82, 2.24) is 4.98 Å². The van der Waals surface area contributed by atoms with Gasteiger partial charge in [0.25, 0.3) is 0 Å². The molecule has 0 N–H and O–H groups in total. The highest BCUT2D eigenvalue weighted by atomic mass is 16.5. The fraction of sp³-hybridized carbons (Fsp3) is 0.154. The summed E-state index contributed by atoms with van der Waals surface area (Å²) in [6, 6.07) is 13.9. The zero-order chi connectivity index (χ0) is 10.5. The fourth-order valence-electron chi connectivity index (χ4n) is 1.36. The Morgan fingerprint density at radius 1 is 1.13 bits per heavy atom. The Bertz CT molecular complexity index is 431. The Morgan fingerprint density at radius 2 is 1.93 bits per heavy atom. The molecule has 2 heteroatoms. The van der Waals surface area contributed by atoms with Gasteiger partial charge in [0.1, 0.15) is 12.4 Å². The zero-order valence-electron chi connectivity index (χ0n) is 8.68. The van der Waals surface area contributed by atoms with Gasteiger partial charge in [-0.25, -0.2) is 0 Å². The van der Waals surface area contributed by atoms with Gasteiger partial charge in [0.15, 0.2) is 0 Å². The molecule has 0 radical (unpaired) electrons. The summed E-state index contributed by atoms with van der Waals surface area (Å²) >= 11 is 0. The van der Waals surface area contributed by atoms with Gasteiger partial charge in [-0.1, -0.05) is 30.3 Å². The van der Waals surface area contributed by atoms with Crippen LogP contribution < -0.4 is 4.74 Å². The average Bonchev–Trinajstić information content (AvgIpc) is 2.29. The van der Waals surface area contributed by atoms with Crippen molar-refractivity contribution in [3.8, 4) is 5.75 Å². The molecule has 1 heterocycles. The first-order valence-corrected chi connectivity index (χ1v) is 4.94. The smallest absolute Gasteiger partial charge is 0.141 e. The summed E-state index contributed by atoms with van der Waals surface area (Å²) in [5.41, 5.74) is 2.09. The summed E-state index contributed by atoms with van der Waals surface area (Å²) in [7, 11) is 0. The van der Waals surface area contributed by atoms with Gasteiger partial charge in [-0.2, -0.15) is 0 Å². The van der Waals surface area contributed by atoms with Crippen molar-refractivity contribution in [2.75, 3.05) is 0 Å². The molecule has 0 saturated carbocycles. The highest BCUT2D eigenvalue weighted by Gasteiger charge is 1.98. The van der Waals surface area contributed by atoms with E-state index in [1.165, 1.54) is 5.56 Å². The number of aromatic nitrogens is 1. The van der Waals surface area contributed by atoms with Crippen LogP contribution in [0.2, 0.25) is 0 Å². The second-order valence-corrected chi connectivity index (χ2v) is 3.36. The molecule has 2 rings (SSSR count). The van der Waals surface area contributed by atoms with Crippen molar-refractivity contribution in [3.63, 3.8) is 0 Å². The number of aryl methyl sites for hydroxylation is 1. The van der Waals surface area contributed by atoms with E-state index < -0.39 is 0 Å². The summed E-state index contributed by atoms with van der Waals surface area (Å²) in [5.74, 6) is 0.848. The predicted octanol–water partition coefficient (Wildman–Crippen LogP) is 3.22. The lowest BCUT2D eigenvalue weighted by Crippen LogP contribution is -1.97. The minimum Gasteiger partial charge on any atom is -0.487 e. The predicted molar refractivity (Wildman–Crippen MR) is 61.9 cm³/mol. The summed E-state index contributed by atoms with van der Waals surface area (Å²) < 4.78 is 5.66. The van der Waals surface area contributed by atoms with Gasteiger partial charge in [0.2, 0.25) is 0 Å². The van der Waals surface area contributed by atoms with E-state index >= 15 is 0 Å². The Morgan fingerprint density at radius 3 is 2.67 bits per heavy atom. The normalized spacial score (nSPS) is 9.93. The molecule has 15 heavy (non-hydrogen) atoms. The van der Waals surface area contributed by atoms with Crippen LogP contribution in [-0.2, 0) is 6.61 Å². The minimum absolute atomic E-state index is 0. The van der Waals surface area contributed by atoms with Gasteiger partial charge in [-0.15, -0.1) is 0 Å². The summed E-state index contributed by atoms with van der Waals surface area (Å²) in [5, 5.41) is 0. The summed E-state index contributed by atoms with van der Waals surface area (Å²) in [6.07, 6.45) is 1.77. The van der Waals surface area contributed by atoms with Crippen molar-refractivity contribution in [1.29, 1.82) is 0 Å². The van der Waals surface area contributed by atoms with Gasteiger partial charge < -0.3 is 4.74 Å². The lowest BCUT2D eigenvalue weighted by atomic mass is 10.2. The first-order valence-electron chi connectivity index (χ1n) is 4.94. The van der Waals surface area contributed by atoms with Crippen LogP contribution in [0, 0.1) is 6.92 Å². The number of hydrogen-bond acceptors (Lipinski definition) is 2. The number of benzene rings is 1. The molecule has 0 amide bonds. The SMILES string of the molecule is Cc1ncccc1OCc1ccccc1.[HH]. The van der Waals surface area contributed by atoms with Crippen LogP contribution in [0.25, 0.3) is 0 Å². The van der Waals surface area contributed by atoms with Crippen molar-refractivity contribution in [2.45, 2.75) is 13.5 Å². The molecule has 0 spiro atoms. The largest absolute Gasteiger partial charge is 0.487 e. The first-order chi connectivity index (χ1) is 7.36. The Hall–Kier alpha value is -1.83. The molecule has 0 aliphatic heterocycles.